The molecule has 0 aliphatic heterocycles. The van der Waals surface area contributed by atoms with Crippen LogP contribution in [0.4, 0.5) is 4.39 Å². The average Bonchev–Trinajstić information content (AvgIpc) is 2.95. The number of nitrogens with two attached hydrogens (primary N) is 1. The Balaban J connectivity index is 2.51. The Bertz CT molecular complexity index is 400. The highest BCUT2D eigenvalue weighted by atomic mass is 19.1. The van der Waals surface area contributed by atoms with E-state index in [1.165, 1.54) is 6.07 Å². The summed E-state index contributed by atoms with van der Waals surface area (Å²) >= 11 is 0. The van der Waals surface area contributed by atoms with Crippen molar-refractivity contribution in [3.63, 3.8) is 0 Å². The SMILES string of the molecule is CC(N)C1(c2ccc(O)c(F)c2O)CC1. The van der Waals surface area contributed by atoms with Gasteiger partial charge in [0.05, 0.1) is 0 Å². The van der Waals surface area contributed by atoms with Crippen LogP contribution in [0.2, 0.25) is 0 Å². The van der Waals surface area contributed by atoms with Crippen molar-refractivity contribution in [2.75, 3.05) is 0 Å². The summed E-state index contributed by atoms with van der Waals surface area (Å²) in [6, 6.07) is 2.67. The molecule has 1 saturated carbocycles. The van der Waals surface area contributed by atoms with Crippen molar-refractivity contribution in [3.05, 3.63) is 23.5 Å². The first-order valence-electron chi connectivity index (χ1n) is 4.95. The summed E-state index contributed by atoms with van der Waals surface area (Å²) in [5.74, 6) is -1.96. The number of rotatable bonds is 2. The molecule has 0 amide bonds. The van der Waals surface area contributed by atoms with Crippen LogP contribution in [0.25, 0.3) is 0 Å². The molecule has 4 N–H and O–H groups in total. The molecular formula is C11H14FNO2. The predicted molar refractivity (Wildman–Crippen MR) is 54.3 cm³/mol. The molecule has 82 valence electrons. The van der Waals surface area contributed by atoms with E-state index >= 15 is 0 Å². The molecule has 1 aliphatic rings. The molecule has 15 heavy (non-hydrogen) atoms. The summed E-state index contributed by atoms with van der Waals surface area (Å²) in [7, 11) is 0. The number of phenols is 2. The molecular weight excluding hydrogens is 197 g/mol. The lowest BCUT2D eigenvalue weighted by atomic mass is 9.88. The fourth-order valence-corrected chi connectivity index (χ4v) is 2.06. The van der Waals surface area contributed by atoms with Gasteiger partial charge in [0.15, 0.2) is 11.5 Å². The standard InChI is InChI=1S/C11H14FNO2/c1-6(13)11(4-5-11)7-2-3-8(14)9(12)10(7)15/h2-3,6,14-15H,4-5,13H2,1H3. The van der Waals surface area contributed by atoms with Gasteiger partial charge in [-0.1, -0.05) is 6.07 Å². The minimum atomic E-state index is -0.959. The molecule has 0 radical (unpaired) electrons. The van der Waals surface area contributed by atoms with E-state index in [-0.39, 0.29) is 11.5 Å². The summed E-state index contributed by atoms with van der Waals surface area (Å²) < 4.78 is 13.3. The van der Waals surface area contributed by atoms with Crippen LogP contribution >= 0.6 is 0 Å². The molecule has 1 unspecified atom stereocenters. The number of hydrogen-bond donors (Lipinski definition) is 3. The van der Waals surface area contributed by atoms with Crippen molar-refractivity contribution < 1.29 is 14.6 Å². The van der Waals surface area contributed by atoms with Crippen molar-refractivity contribution >= 4 is 0 Å². The average molecular weight is 211 g/mol. The fraction of sp³-hybridized carbons (Fsp3) is 0.455. The number of phenolic OH excluding ortho intramolecular Hbond substituents is 2. The molecule has 1 aromatic carbocycles. The van der Waals surface area contributed by atoms with Gasteiger partial charge >= 0.3 is 0 Å². The Kier molecular flexibility index (Phi) is 2.12. The van der Waals surface area contributed by atoms with Gasteiger partial charge in [-0.3, -0.25) is 0 Å². The molecule has 4 heteroatoms. The van der Waals surface area contributed by atoms with Crippen LogP contribution in [0.5, 0.6) is 11.5 Å². The Labute approximate surface area is 87.3 Å². The molecule has 1 aliphatic carbocycles. The minimum Gasteiger partial charge on any atom is -0.505 e. The molecule has 1 atom stereocenters. The minimum absolute atomic E-state index is 0.132. The van der Waals surface area contributed by atoms with E-state index in [0.29, 0.717) is 5.56 Å². The van der Waals surface area contributed by atoms with E-state index in [0.717, 1.165) is 12.8 Å². The summed E-state index contributed by atoms with van der Waals surface area (Å²) in [5, 5.41) is 18.7. The zero-order valence-corrected chi connectivity index (χ0v) is 8.50. The molecule has 0 bridgehead atoms. The molecule has 1 fully saturated rings. The Hall–Kier alpha value is -1.29. The van der Waals surface area contributed by atoms with Gasteiger partial charge in [0.2, 0.25) is 5.82 Å². The van der Waals surface area contributed by atoms with Crippen molar-refractivity contribution in [1.82, 2.24) is 0 Å². The van der Waals surface area contributed by atoms with Crippen molar-refractivity contribution in [3.8, 4) is 11.5 Å². The van der Waals surface area contributed by atoms with Gasteiger partial charge in [-0.2, -0.15) is 4.39 Å². The Morgan fingerprint density at radius 3 is 2.47 bits per heavy atom. The second-order valence-corrected chi connectivity index (χ2v) is 4.24. The number of benzene rings is 1. The third-order valence-electron chi connectivity index (χ3n) is 3.29. The first kappa shape index (κ1) is 10.2. The molecule has 0 aromatic heterocycles. The smallest absolute Gasteiger partial charge is 0.206 e. The quantitative estimate of drug-likeness (QED) is 0.696. The van der Waals surface area contributed by atoms with E-state index in [4.69, 9.17) is 10.8 Å². The van der Waals surface area contributed by atoms with Gasteiger partial charge in [0.1, 0.15) is 0 Å². The summed E-state index contributed by atoms with van der Waals surface area (Å²) in [4.78, 5) is 0. The highest BCUT2D eigenvalue weighted by Gasteiger charge is 2.49. The molecule has 3 nitrogen and oxygen atoms in total. The van der Waals surface area contributed by atoms with Crippen LogP contribution in [0, 0.1) is 5.82 Å². The second kappa shape index (κ2) is 3.10. The number of halogens is 1. The summed E-state index contributed by atoms with van der Waals surface area (Å²) in [6.07, 6.45) is 1.70. The van der Waals surface area contributed by atoms with Gasteiger partial charge in [0.25, 0.3) is 0 Å². The maximum absolute atomic E-state index is 13.3. The topological polar surface area (TPSA) is 66.5 Å². The first-order chi connectivity index (χ1) is 6.99. The summed E-state index contributed by atoms with van der Waals surface area (Å²) in [6.45, 7) is 1.84. The zero-order chi connectivity index (χ0) is 11.2. The van der Waals surface area contributed by atoms with Gasteiger partial charge in [-0.05, 0) is 25.8 Å². The Morgan fingerprint density at radius 2 is 2.00 bits per heavy atom. The first-order valence-corrected chi connectivity index (χ1v) is 4.95. The second-order valence-electron chi connectivity index (χ2n) is 4.24. The molecule has 0 saturated heterocycles. The van der Waals surface area contributed by atoms with E-state index < -0.39 is 17.3 Å². The lowest BCUT2D eigenvalue weighted by molar-refractivity contribution is 0.377. The van der Waals surface area contributed by atoms with Crippen LogP contribution in [0.3, 0.4) is 0 Å². The normalized spacial score (nSPS) is 19.9. The number of aromatic hydroxyl groups is 2. The van der Waals surface area contributed by atoms with E-state index in [1.807, 2.05) is 6.92 Å². The highest BCUT2D eigenvalue weighted by molar-refractivity contribution is 5.48. The zero-order valence-electron chi connectivity index (χ0n) is 8.50. The van der Waals surface area contributed by atoms with Crippen molar-refractivity contribution in [2.24, 2.45) is 5.73 Å². The summed E-state index contributed by atoms with van der Waals surface area (Å²) in [5.41, 5.74) is 6.03. The maximum Gasteiger partial charge on any atom is 0.206 e. The molecule has 2 rings (SSSR count). The number of hydrogen-bond acceptors (Lipinski definition) is 3. The largest absolute Gasteiger partial charge is 0.505 e. The van der Waals surface area contributed by atoms with Gasteiger partial charge in [-0.15, -0.1) is 0 Å². The highest BCUT2D eigenvalue weighted by Crippen LogP contribution is 2.53. The predicted octanol–water partition coefficient (Wildman–Crippen LogP) is 1.62. The van der Waals surface area contributed by atoms with Crippen LogP contribution in [0.1, 0.15) is 25.3 Å². The van der Waals surface area contributed by atoms with Crippen LogP contribution in [0.15, 0.2) is 12.1 Å². The Morgan fingerprint density at radius 1 is 1.40 bits per heavy atom. The van der Waals surface area contributed by atoms with E-state index in [9.17, 15) is 9.50 Å². The lowest BCUT2D eigenvalue weighted by Crippen LogP contribution is -2.31. The van der Waals surface area contributed by atoms with Crippen LogP contribution < -0.4 is 5.73 Å². The lowest BCUT2D eigenvalue weighted by Gasteiger charge is -2.21. The molecule has 1 aromatic rings. The van der Waals surface area contributed by atoms with E-state index in [1.54, 1.807) is 6.07 Å². The van der Waals surface area contributed by atoms with Crippen molar-refractivity contribution in [2.45, 2.75) is 31.2 Å². The van der Waals surface area contributed by atoms with E-state index in [2.05, 4.69) is 0 Å². The van der Waals surface area contributed by atoms with Crippen LogP contribution in [-0.4, -0.2) is 16.3 Å². The van der Waals surface area contributed by atoms with Gasteiger partial charge in [-0.25, -0.2) is 0 Å². The van der Waals surface area contributed by atoms with Gasteiger partial charge < -0.3 is 15.9 Å². The monoisotopic (exact) mass is 211 g/mol. The third-order valence-corrected chi connectivity index (χ3v) is 3.29. The van der Waals surface area contributed by atoms with Crippen LogP contribution in [-0.2, 0) is 5.41 Å². The maximum atomic E-state index is 13.3. The molecule has 0 spiro atoms. The van der Waals surface area contributed by atoms with Crippen molar-refractivity contribution in [1.29, 1.82) is 0 Å². The third kappa shape index (κ3) is 1.36. The fourth-order valence-electron chi connectivity index (χ4n) is 2.06. The molecule has 0 heterocycles. The van der Waals surface area contributed by atoms with Gasteiger partial charge in [0, 0.05) is 17.0 Å².